The van der Waals surface area contributed by atoms with Gasteiger partial charge in [-0.3, -0.25) is 9.59 Å². The molecular formula is C28H34N4O4. The van der Waals surface area contributed by atoms with Crippen molar-refractivity contribution in [2.24, 2.45) is 5.92 Å². The SMILES string of the molecule is CCC(=O)CCCCCC(NC(=O)C1CNC1)c1ncc(-c2ccc(-c3ccc(OC)nc3)cc2)o1. The Kier molecular flexibility index (Phi) is 8.84. The fraction of sp³-hybridized carbons (Fsp3) is 0.429. The average molecular weight is 491 g/mol. The largest absolute Gasteiger partial charge is 0.481 e. The first-order valence-electron chi connectivity index (χ1n) is 12.7. The number of carbonyl (C=O) groups excluding carboxylic acids is 2. The molecule has 1 fully saturated rings. The minimum absolute atomic E-state index is 0.0101. The van der Waals surface area contributed by atoms with E-state index in [1.54, 1.807) is 19.5 Å². The van der Waals surface area contributed by atoms with Crippen LogP contribution >= 0.6 is 0 Å². The van der Waals surface area contributed by atoms with E-state index in [-0.39, 0.29) is 17.9 Å². The minimum Gasteiger partial charge on any atom is -0.481 e. The molecule has 0 spiro atoms. The number of ketones is 1. The van der Waals surface area contributed by atoms with Crippen molar-refractivity contribution >= 4 is 11.7 Å². The number of nitrogens with zero attached hydrogens (tertiary/aromatic N) is 2. The number of unbranched alkanes of at least 4 members (excludes halogenated alkanes) is 2. The van der Waals surface area contributed by atoms with Crippen LogP contribution in [0.1, 0.15) is 57.4 Å². The number of Topliss-reactive ketones (excluding diaryl/α,β-unsaturated/α-hetero) is 1. The quantitative estimate of drug-likeness (QED) is 0.334. The number of carbonyl (C=O) groups is 2. The Bertz CT molecular complexity index is 1140. The highest BCUT2D eigenvalue weighted by molar-refractivity contribution is 5.80. The molecule has 8 nitrogen and oxygen atoms in total. The molecule has 4 rings (SSSR count). The number of benzene rings is 1. The zero-order chi connectivity index (χ0) is 25.3. The van der Waals surface area contributed by atoms with Crippen molar-refractivity contribution in [2.45, 2.75) is 51.5 Å². The lowest BCUT2D eigenvalue weighted by Crippen LogP contribution is -2.51. The lowest BCUT2D eigenvalue weighted by Gasteiger charge is -2.27. The van der Waals surface area contributed by atoms with Crippen molar-refractivity contribution in [3.8, 4) is 28.3 Å². The Morgan fingerprint density at radius 1 is 1.03 bits per heavy atom. The molecule has 1 aliphatic rings. The molecule has 2 aromatic heterocycles. The van der Waals surface area contributed by atoms with Gasteiger partial charge in [-0.05, 0) is 24.5 Å². The molecule has 1 unspecified atom stereocenters. The van der Waals surface area contributed by atoms with Crippen LogP contribution in [-0.4, -0.2) is 41.9 Å². The van der Waals surface area contributed by atoms with E-state index in [4.69, 9.17) is 9.15 Å². The van der Waals surface area contributed by atoms with E-state index in [2.05, 4.69) is 20.6 Å². The Morgan fingerprint density at radius 3 is 2.42 bits per heavy atom. The molecule has 1 aliphatic heterocycles. The van der Waals surface area contributed by atoms with Gasteiger partial charge in [-0.1, -0.05) is 44.0 Å². The van der Waals surface area contributed by atoms with Crippen LogP contribution in [0.25, 0.3) is 22.5 Å². The van der Waals surface area contributed by atoms with Crippen LogP contribution < -0.4 is 15.4 Å². The first kappa shape index (κ1) is 25.6. The smallest absolute Gasteiger partial charge is 0.226 e. The molecule has 1 atom stereocenters. The Hall–Kier alpha value is -3.52. The topological polar surface area (TPSA) is 106 Å². The van der Waals surface area contributed by atoms with Crippen LogP contribution in [-0.2, 0) is 9.59 Å². The zero-order valence-electron chi connectivity index (χ0n) is 21.0. The maximum Gasteiger partial charge on any atom is 0.226 e. The fourth-order valence-corrected chi connectivity index (χ4v) is 4.13. The fourth-order valence-electron chi connectivity index (χ4n) is 4.13. The van der Waals surface area contributed by atoms with Gasteiger partial charge in [-0.25, -0.2) is 9.97 Å². The van der Waals surface area contributed by atoms with Gasteiger partial charge in [0.25, 0.3) is 0 Å². The van der Waals surface area contributed by atoms with Crippen LogP contribution in [0.3, 0.4) is 0 Å². The van der Waals surface area contributed by atoms with E-state index in [1.807, 2.05) is 43.3 Å². The van der Waals surface area contributed by atoms with E-state index in [9.17, 15) is 9.59 Å². The molecule has 190 valence electrons. The summed E-state index contributed by atoms with van der Waals surface area (Å²) in [5, 5.41) is 6.27. The summed E-state index contributed by atoms with van der Waals surface area (Å²) >= 11 is 0. The summed E-state index contributed by atoms with van der Waals surface area (Å²) in [6.07, 6.45) is 8.10. The number of nitrogens with one attached hydrogen (secondary N) is 2. The Balaban J connectivity index is 1.42. The highest BCUT2D eigenvalue weighted by Gasteiger charge is 2.28. The molecule has 0 saturated carbocycles. The number of methoxy groups -OCH3 is 1. The summed E-state index contributed by atoms with van der Waals surface area (Å²) in [6, 6.07) is 11.5. The first-order chi connectivity index (χ1) is 17.6. The van der Waals surface area contributed by atoms with E-state index in [1.165, 1.54) is 0 Å². The lowest BCUT2D eigenvalue weighted by atomic mass is 10.0. The van der Waals surface area contributed by atoms with Crippen molar-refractivity contribution in [3.63, 3.8) is 0 Å². The van der Waals surface area contributed by atoms with E-state index < -0.39 is 0 Å². The predicted octanol–water partition coefficient (Wildman–Crippen LogP) is 4.72. The van der Waals surface area contributed by atoms with Crippen molar-refractivity contribution in [3.05, 3.63) is 54.7 Å². The van der Waals surface area contributed by atoms with E-state index in [0.717, 1.165) is 42.4 Å². The minimum atomic E-state index is -0.293. The molecule has 0 aliphatic carbocycles. The highest BCUT2D eigenvalue weighted by Crippen LogP contribution is 2.29. The van der Waals surface area contributed by atoms with Gasteiger partial charge in [0, 0.05) is 49.3 Å². The summed E-state index contributed by atoms with van der Waals surface area (Å²) in [5.74, 6) is 2.06. The molecule has 1 amide bonds. The third-order valence-electron chi connectivity index (χ3n) is 6.58. The third kappa shape index (κ3) is 6.57. The molecule has 3 aromatic rings. The van der Waals surface area contributed by atoms with E-state index in [0.29, 0.717) is 49.2 Å². The summed E-state index contributed by atoms with van der Waals surface area (Å²) < 4.78 is 11.3. The van der Waals surface area contributed by atoms with Crippen molar-refractivity contribution in [1.29, 1.82) is 0 Å². The molecule has 8 heteroatoms. The van der Waals surface area contributed by atoms with Crippen LogP contribution in [0.2, 0.25) is 0 Å². The van der Waals surface area contributed by atoms with Crippen LogP contribution in [0.15, 0.2) is 53.2 Å². The van der Waals surface area contributed by atoms with Gasteiger partial charge in [0.1, 0.15) is 11.8 Å². The maximum atomic E-state index is 12.6. The number of rotatable bonds is 13. The molecule has 0 bridgehead atoms. The predicted molar refractivity (Wildman–Crippen MR) is 137 cm³/mol. The van der Waals surface area contributed by atoms with Gasteiger partial charge in [0.2, 0.25) is 17.7 Å². The summed E-state index contributed by atoms with van der Waals surface area (Å²) in [4.78, 5) is 33.0. The van der Waals surface area contributed by atoms with Gasteiger partial charge in [0.15, 0.2) is 5.76 Å². The second-order valence-electron chi connectivity index (χ2n) is 9.14. The molecule has 1 aromatic carbocycles. The molecule has 0 radical (unpaired) electrons. The zero-order valence-corrected chi connectivity index (χ0v) is 21.0. The van der Waals surface area contributed by atoms with Gasteiger partial charge >= 0.3 is 0 Å². The summed E-state index contributed by atoms with van der Waals surface area (Å²) in [6.45, 7) is 3.29. The second kappa shape index (κ2) is 12.4. The normalized spacial score (nSPS) is 14.2. The molecule has 36 heavy (non-hydrogen) atoms. The summed E-state index contributed by atoms with van der Waals surface area (Å²) in [5.41, 5.74) is 2.94. The van der Waals surface area contributed by atoms with Crippen molar-refractivity contribution in [2.75, 3.05) is 20.2 Å². The van der Waals surface area contributed by atoms with E-state index >= 15 is 0 Å². The van der Waals surface area contributed by atoms with Crippen LogP contribution in [0.5, 0.6) is 5.88 Å². The Labute approximate surface area is 211 Å². The second-order valence-corrected chi connectivity index (χ2v) is 9.14. The van der Waals surface area contributed by atoms with Gasteiger partial charge in [0.05, 0.1) is 19.2 Å². The summed E-state index contributed by atoms with van der Waals surface area (Å²) in [7, 11) is 1.60. The van der Waals surface area contributed by atoms with Gasteiger partial charge < -0.3 is 19.8 Å². The average Bonchev–Trinajstić information content (AvgIpc) is 3.37. The standard InChI is InChI=1S/C28H34N4O4/c1-3-23(33)7-5-4-6-8-24(32-27(34)22-15-29-16-22)28-31-18-25(36-28)20-11-9-19(10-12-20)21-13-14-26(35-2)30-17-21/h9-14,17-18,22,24,29H,3-8,15-16H2,1-2H3,(H,32,34). The molecular weight excluding hydrogens is 456 g/mol. The number of aromatic nitrogens is 2. The number of pyridine rings is 1. The molecule has 1 saturated heterocycles. The molecule has 2 N–H and O–H groups in total. The van der Waals surface area contributed by atoms with Gasteiger partial charge in [-0.2, -0.15) is 0 Å². The van der Waals surface area contributed by atoms with Crippen LogP contribution in [0, 0.1) is 5.92 Å². The number of hydrogen-bond donors (Lipinski definition) is 2. The number of hydrogen-bond acceptors (Lipinski definition) is 7. The number of oxazole rings is 1. The Morgan fingerprint density at radius 2 is 1.78 bits per heavy atom. The van der Waals surface area contributed by atoms with Crippen molar-refractivity contribution < 1.29 is 18.7 Å². The number of ether oxygens (including phenoxy) is 1. The maximum absolute atomic E-state index is 12.6. The van der Waals surface area contributed by atoms with Crippen LogP contribution in [0.4, 0.5) is 0 Å². The van der Waals surface area contributed by atoms with Gasteiger partial charge in [-0.15, -0.1) is 0 Å². The third-order valence-corrected chi connectivity index (χ3v) is 6.58. The monoisotopic (exact) mass is 490 g/mol. The van der Waals surface area contributed by atoms with Crippen molar-refractivity contribution in [1.82, 2.24) is 20.6 Å². The highest BCUT2D eigenvalue weighted by atomic mass is 16.5. The first-order valence-corrected chi connectivity index (χ1v) is 12.7. The number of amides is 1. The lowest BCUT2D eigenvalue weighted by molar-refractivity contribution is -0.127. The molecule has 3 heterocycles.